The predicted molar refractivity (Wildman–Crippen MR) is 169 cm³/mol. The molecule has 2 amide bonds. The number of carbonyl (C=O) groups excluding carboxylic acids is 2. The maximum Gasteiger partial charge on any atom is 0.490 e. The summed E-state index contributed by atoms with van der Waals surface area (Å²) in [4.78, 5) is 39.1. The van der Waals surface area contributed by atoms with Gasteiger partial charge in [-0.25, -0.2) is 13.2 Å². The highest BCUT2D eigenvalue weighted by Gasteiger charge is 2.45. The number of carboxylic acids is 1. The quantitative estimate of drug-likeness (QED) is 0.286. The lowest BCUT2D eigenvalue weighted by molar-refractivity contribution is -0.192. The van der Waals surface area contributed by atoms with E-state index in [-0.39, 0.29) is 41.8 Å². The first-order valence-corrected chi connectivity index (χ1v) is 17.7. The molecule has 0 aromatic heterocycles. The van der Waals surface area contributed by atoms with Crippen LogP contribution in [0.5, 0.6) is 0 Å². The number of likely N-dealkylation sites (tertiary alicyclic amines) is 1. The molecule has 1 aliphatic heterocycles. The Kier molecular flexibility index (Phi) is 13.3. The van der Waals surface area contributed by atoms with Crippen LogP contribution in [-0.2, 0) is 31.8 Å². The molecule has 2 aromatic carbocycles. The molecule has 0 spiro atoms. The maximum atomic E-state index is 13.5. The number of sulfone groups is 1. The van der Waals surface area contributed by atoms with Gasteiger partial charge in [-0.15, -0.1) is 0 Å². The number of rotatable bonds is 8. The van der Waals surface area contributed by atoms with Gasteiger partial charge in [0.05, 0.1) is 21.8 Å². The van der Waals surface area contributed by atoms with Crippen LogP contribution >= 0.6 is 11.6 Å². The smallest absolute Gasteiger partial charge is 0.475 e. The van der Waals surface area contributed by atoms with Crippen LogP contribution in [-0.4, -0.2) is 90.8 Å². The molecular formula is C32H35ClF9N3O6S. The molecule has 4 atom stereocenters. The third kappa shape index (κ3) is 11.0. The summed E-state index contributed by atoms with van der Waals surface area (Å²) >= 11 is 5.93. The molecule has 2 fully saturated rings. The van der Waals surface area contributed by atoms with Crippen molar-refractivity contribution in [2.45, 2.75) is 87.1 Å². The van der Waals surface area contributed by atoms with E-state index in [1.54, 1.807) is 0 Å². The second kappa shape index (κ2) is 16.2. The zero-order chi connectivity index (χ0) is 39.6. The van der Waals surface area contributed by atoms with Gasteiger partial charge in [-0.1, -0.05) is 11.6 Å². The van der Waals surface area contributed by atoms with Crippen molar-refractivity contribution in [3.8, 4) is 0 Å². The molecule has 2 aliphatic rings. The third-order valence-electron chi connectivity index (χ3n) is 8.95. The Morgan fingerprint density at radius 3 is 1.92 bits per heavy atom. The lowest BCUT2D eigenvalue weighted by atomic mass is 9.81. The third-order valence-corrected chi connectivity index (χ3v) is 11.1. The van der Waals surface area contributed by atoms with Gasteiger partial charge in [0, 0.05) is 35.3 Å². The van der Waals surface area contributed by atoms with Crippen LogP contribution in [0.4, 0.5) is 39.5 Å². The summed E-state index contributed by atoms with van der Waals surface area (Å²) in [5.74, 6) is -5.32. The Balaban J connectivity index is 0.000000944. The number of halogens is 10. The Morgan fingerprint density at radius 1 is 0.942 bits per heavy atom. The van der Waals surface area contributed by atoms with Crippen LogP contribution in [0.15, 0.2) is 47.4 Å². The fourth-order valence-corrected chi connectivity index (χ4v) is 7.91. The van der Waals surface area contributed by atoms with Gasteiger partial charge >= 0.3 is 24.5 Å². The molecule has 2 aromatic rings. The average molecular weight is 796 g/mol. The normalized spacial score (nSPS) is 21.6. The van der Waals surface area contributed by atoms with Gasteiger partial charge in [-0.2, -0.15) is 39.5 Å². The Morgan fingerprint density at radius 2 is 1.46 bits per heavy atom. The van der Waals surface area contributed by atoms with E-state index in [0.29, 0.717) is 36.4 Å². The standard InChI is InChI=1S/C30H34ClF6N3O4S.C2HF3O2/c1-17(2)39(3)23-6-9-26(19(14-23)16-45(43,44)24-7-4-22(31)5-8-24)40-11-10-25(28(40)42)38-27(41)18-12-20(29(32,33)34)15-21(13-18)30(35,36)37;3-2(4,5)1(6)7/h4-5,7-8,12-13,15,17,19,23,25-26H,6,9-11,14,16H2,1-3H3,(H,38,41);(H,6,7)/t19-,23+,25-,26-;/m0./s1. The van der Waals surface area contributed by atoms with Crippen LogP contribution in [0.25, 0.3) is 0 Å². The highest BCUT2D eigenvalue weighted by atomic mass is 35.5. The maximum absolute atomic E-state index is 13.5. The molecule has 0 unspecified atom stereocenters. The Hall–Kier alpha value is -3.58. The molecule has 0 radical (unpaired) electrons. The summed E-state index contributed by atoms with van der Waals surface area (Å²) in [6, 6.07) is 4.83. The molecular weight excluding hydrogens is 761 g/mol. The first kappa shape index (κ1) is 42.8. The number of nitrogens with one attached hydrogen (secondary N) is 1. The van der Waals surface area contributed by atoms with Gasteiger partial charge in [-0.3, -0.25) is 9.59 Å². The molecule has 1 heterocycles. The van der Waals surface area contributed by atoms with E-state index in [1.807, 2.05) is 20.9 Å². The van der Waals surface area contributed by atoms with E-state index in [1.165, 1.54) is 29.2 Å². The molecule has 1 saturated carbocycles. The number of alkyl halides is 9. The van der Waals surface area contributed by atoms with Crippen molar-refractivity contribution < 1.29 is 67.4 Å². The van der Waals surface area contributed by atoms with E-state index >= 15 is 0 Å². The lowest BCUT2D eigenvalue weighted by Gasteiger charge is -2.44. The molecule has 2 N–H and O–H groups in total. The largest absolute Gasteiger partial charge is 0.490 e. The van der Waals surface area contributed by atoms with Crippen molar-refractivity contribution in [3.05, 3.63) is 64.2 Å². The van der Waals surface area contributed by atoms with Crippen LogP contribution in [0.2, 0.25) is 5.02 Å². The highest BCUT2D eigenvalue weighted by Crippen LogP contribution is 2.38. The van der Waals surface area contributed by atoms with Crippen molar-refractivity contribution in [1.82, 2.24) is 15.1 Å². The summed E-state index contributed by atoms with van der Waals surface area (Å²) in [6.45, 7) is 4.17. The zero-order valence-electron chi connectivity index (χ0n) is 27.7. The predicted octanol–water partition coefficient (Wildman–Crippen LogP) is 6.69. The minimum atomic E-state index is -5.14. The number of carboxylic acid groups (broad SMARTS) is 1. The van der Waals surface area contributed by atoms with Gasteiger partial charge in [0.15, 0.2) is 9.84 Å². The van der Waals surface area contributed by atoms with Crippen LogP contribution in [0.1, 0.15) is 61.0 Å². The van der Waals surface area contributed by atoms with Gasteiger partial charge in [0.25, 0.3) is 5.91 Å². The first-order valence-electron chi connectivity index (χ1n) is 15.6. The summed E-state index contributed by atoms with van der Waals surface area (Å²) in [7, 11) is -1.85. The van der Waals surface area contributed by atoms with E-state index in [2.05, 4.69) is 10.2 Å². The van der Waals surface area contributed by atoms with Crippen molar-refractivity contribution >= 4 is 39.2 Å². The number of hydrogen-bond acceptors (Lipinski definition) is 6. The molecule has 290 valence electrons. The summed E-state index contributed by atoms with van der Waals surface area (Å²) in [5.41, 5.74) is -4.17. The number of aliphatic carboxylic acids is 1. The minimum Gasteiger partial charge on any atom is -0.475 e. The number of carbonyl (C=O) groups is 3. The lowest BCUT2D eigenvalue weighted by Crippen LogP contribution is -2.53. The zero-order valence-corrected chi connectivity index (χ0v) is 29.3. The molecule has 0 bridgehead atoms. The second-order valence-corrected chi connectivity index (χ2v) is 15.2. The fraction of sp³-hybridized carbons (Fsp3) is 0.531. The van der Waals surface area contributed by atoms with Gasteiger partial charge < -0.3 is 20.2 Å². The van der Waals surface area contributed by atoms with E-state index in [9.17, 15) is 57.5 Å². The molecule has 20 heteroatoms. The monoisotopic (exact) mass is 795 g/mol. The van der Waals surface area contributed by atoms with Gasteiger partial charge in [0.2, 0.25) is 5.91 Å². The number of benzene rings is 2. The van der Waals surface area contributed by atoms with Crippen LogP contribution in [0, 0.1) is 5.92 Å². The van der Waals surface area contributed by atoms with Gasteiger partial charge in [0.1, 0.15) is 6.04 Å². The first-order chi connectivity index (χ1) is 23.7. The molecule has 1 saturated heterocycles. The van der Waals surface area contributed by atoms with Crippen molar-refractivity contribution in [2.24, 2.45) is 5.92 Å². The average Bonchev–Trinajstić information content (AvgIpc) is 3.38. The van der Waals surface area contributed by atoms with Crippen LogP contribution < -0.4 is 5.32 Å². The number of amides is 2. The number of hydrogen-bond donors (Lipinski definition) is 2. The topological polar surface area (TPSA) is 124 Å². The highest BCUT2D eigenvalue weighted by molar-refractivity contribution is 7.91. The molecule has 52 heavy (non-hydrogen) atoms. The Bertz CT molecular complexity index is 1690. The van der Waals surface area contributed by atoms with E-state index in [4.69, 9.17) is 21.5 Å². The Labute approximate surface area is 298 Å². The van der Waals surface area contributed by atoms with E-state index in [0.717, 1.165) is 0 Å². The number of nitrogens with zero attached hydrogens (tertiary/aromatic N) is 2. The van der Waals surface area contributed by atoms with Gasteiger partial charge in [-0.05, 0) is 95.0 Å². The van der Waals surface area contributed by atoms with Crippen molar-refractivity contribution in [1.29, 1.82) is 0 Å². The molecule has 1 aliphatic carbocycles. The van der Waals surface area contributed by atoms with Crippen molar-refractivity contribution in [3.63, 3.8) is 0 Å². The SMILES string of the molecule is CC(C)N(C)[C@@H]1CC[C@H](N2CC[C@H](NC(=O)c3cc(C(F)(F)F)cc(C(F)(F)F)c3)C2=O)[C@H](CS(=O)(=O)c2ccc(Cl)cc2)C1.O=C(O)C(F)(F)F. The summed E-state index contributed by atoms with van der Waals surface area (Å²) in [6.07, 6.45) is -13.7. The molecule has 4 rings (SSSR count). The fourth-order valence-electron chi connectivity index (χ4n) is 6.12. The summed E-state index contributed by atoms with van der Waals surface area (Å²) in [5, 5.41) is 9.80. The molecule has 9 nitrogen and oxygen atoms in total. The minimum absolute atomic E-state index is 0.0450. The van der Waals surface area contributed by atoms with Crippen molar-refractivity contribution in [2.75, 3.05) is 19.3 Å². The second-order valence-electron chi connectivity index (χ2n) is 12.7. The summed E-state index contributed by atoms with van der Waals surface area (Å²) < 4.78 is 139. The van der Waals surface area contributed by atoms with Crippen LogP contribution in [0.3, 0.4) is 0 Å². The van der Waals surface area contributed by atoms with E-state index < -0.39 is 80.8 Å².